The van der Waals surface area contributed by atoms with Gasteiger partial charge in [-0.05, 0) is 30.2 Å². The Balaban J connectivity index is 2.16. The Morgan fingerprint density at radius 2 is 1.95 bits per heavy atom. The van der Waals surface area contributed by atoms with Crippen molar-refractivity contribution in [2.45, 2.75) is 13.5 Å². The second kappa shape index (κ2) is 4.59. The zero-order chi connectivity index (χ0) is 13.4. The quantitative estimate of drug-likeness (QED) is 0.773. The first-order valence-corrected chi connectivity index (χ1v) is 6.49. The van der Waals surface area contributed by atoms with E-state index in [-0.39, 0.29) is 0 Å². The van der Waals surface area contributed by atoms with Crippen LogP contribution in [0.4, 0.5) is 5.95 Å². The fourth-order valence-electron chi connectivity index (χ4n) is 2.34. The number of nitrogens with zero attached hydrogens (tertiary/aromatic N) is 2. The minimum atomic E-state index is 0.518. The average Bonchev–Trinajstić information content (AvgIpc) is 2.70. The van der Waals surface area contributed by atoms with Gasteiger partial charge < -0.3 is 10.3 Å². The molecule has 0 atom stereocenters. The average molecular weight is 272 g/mol. The van der Waals surface area contributed by atoms with Crippen molar-refractivity contribution in [3.05, 3.63) is 58.6 Å². The van der Waals surface area contributed by atoms with E-state index in [1.807, 2.05) is 41.0 Å². The molecular weight excluding hydrogens is 258 g/mol. The lowest BCUT2D eigenvalue weighted by Gasteiger charge is -2.09. The molecule has 2 N–H and O–H groups in total. The van der Waals surface area contributed by atoms with Crippen LogP contribution in [0.2, 0.25) is 5.02 Å². The Bertz CT molecular complexity index is 746. The summed E-state index contributed by atoms with van der Waals surface area (Å²) in [7, 11) is 0. The van der Waals surface area contributed by atoms with Crippen molar-refractivity contribution in [2.24, 2.45) is 0 Å². The van der Waals surface area contributed by atoms with Crippen LogP contribution in [0, 0.1) is 6.92 Å². The third-order valence-electron chi connectivity index (χ3n) is 3.28. The van der Waals surface area contributed by atoms with Crippen LogP contribution in [0.3, 0.4) is 0 Å². The summed E-state index contributed by atoms with van der Waals surface area (Å²) in [6.45, 7) is 2.69. The molecule has 0 aliphatic carbocycles. The van der Waals surface area contributed by atoms with Crippen LogP contribution in [-0.4, -0.2) is 9.55 Å². The molecule has 0 aliphatic heterocycles. The van der Waals surface area contributed by atoms with Gasteiger partial charge in [0.05, 0.1) is 17.6 Å². The highest BCUT2D eigenvalue weighted by Gasteiger charge is 2.11. The lowest BCUT2D eigenvalue weighted by molar-refractivity contribution is 0.836. The maximum atomic E-state index is 6.21. The van der Waals surface area contributed by atoms with E-state index in [2.05, 4.69) is 18.0 Å². The Morgan fingerprint density at radius 3 is 2.74 bits per heavy atom. The van der Waals surface area contributed by atoms with Crippen molar-refractivity contribution in [3.63, 3.8) is 0 Å². The summed E-state index contributed by atoms with van der Waals surface area (Å²) in [6.07, 6.45) is 0. The first-order valence-electron chi connectivity index (χ1n) is 6.11. The molecule has 3 nitrogen and oxygen atoms in total. The molecule has 1 heterocycles. The SMILES string of the molecule is Cc1cccc2nc(N)n(Cc3ccccc3Cl)c12. The fraction of sp³-hybridized carbons (Fsp3) is 0.133. The number of fused-ring (bicyclic) bond motifs is 1. The minimum Gasteiger partial charge on any atom is -0.369 e. The molecular formula is C15H14ClN3. The first kappa shape index (κ1) is 12.1. The maximum absolute atomic E-state index is 6.21. The summed E-state index contributed by atoms with van der Waals surface area (Å²) in [6, 6.07) is 13.8. The van der Waals surface area contributed by atoms with Gasteiger partial charge in [-0.2, -0.15) is 0 Å². The number of aromatic nitrogens is 2. The monoisotopic (exact) mass is 271 g/mol. The lowest BCUT2D eigenvalue weighted by atomic mass is 10.2. The molecule has 1 aromatic heterocycles. The number of aryl methyl sites for hydroxylation is 1. The Morgan fingerprint density at radius 1 is 1.16 bits per heavy atom. The number of hydrogen-bond donors (Lipinski definition) is 1. The third-order valence-corrected chi connectivity index (χ3v) is 3.65. The van der Waals surface area contributed by atoms with Crippen LogP contribution in [0.1, 0.15) is 11.1 Å². The van der Waals surface area contributed by atoms with Crippen LogP contribution in [0.5, 0.6) is 0 Å². The molecule has 96 valence electrons. The Kier molecular flexibility index (Phi) is 2.91. The van der Waals surface area contributed by atoms with Gasteiger partial charge in [0.2, 0.25) is 5.95 Å². The zero-order valence-electron chi connectivity index (χ0n) is 10.6. The van der Waals surface area contributed by atoms with Gasteiger partial charge in [-0.3, -0.25) is 0 Å². The second-order valence-electron chi connectivity index (χ2n) is 4.59. The number of halogens is 1. The fourth-order valence-corrected chi connectivity index (χ4v) is 2.54. The van der Waals surface area contributed by atoms with Gasteiger partial charge in [-0.25, -0.2) is 4.98 Å². The highest BCUT2D eigenvalue weighted by molar-refractivity contribution is 6.31. The molecule has 0 bridgehead atoms. The van der Waals surface area contributed by atoms with Crippen LogP contribution < -0.4 is 5.73 Å². The summed E-state index contributed by atoms with van der Waals surface area (Å²) in [4.78, 5) is 4.40. The second-order valence-corrected chi connectivity index (χ2v) is 5.00. The van der Waals surface area contributed by atoms with E-state index in [9.17, 15) is 0 Å². The van der Waals surface area contributed by atoms with E-state index >= 15 is 0 Å². The summed E-state index contributed by atoms with van der Waals surface area (Å²) >= 11 is 6.21. The molecule has 0 spiro atoms. The van der Waals surface area contributed by atoms with Gasteiger partial charge in [-0.1, -0.05) is 41.9 Å². The van der Waals surface area contributed by atoms with Crippen molar-refractivity contribution >= 4 is 28.6 Å². The van der Waals surface area contributed by atoms with Crippen LogP contribution in [-0.2, 0) is 6.54 Å². The molecule has 3 rings (SSSR count). The number of nitrogens with two attached hydrogens (primary N) is 1. The van der Waals surface area contributed by atoms with E-state index in [1.165, 1.54) is 0 Å². The van der Waals surface area contributed by atoms with E-state index < -0.39 is 0 Å². The first-order chi connectivity index (χ1) is 9.16. The van der Waals surface area contributed by atoms with Crippen LogP contribution in [0.25, 0.3) is 11.0 Å². The van der Waals surface area contributed by atoms with E-state index in [1.54, 1.807) is 0 Å². The highest BCUT2D eigenvalue weighted by atomic mass is 35.5. The molecule has 0 amide bonds. The number of benzene rings is 2. The molecule has 19 heavy (non-hydrogen) atoms. The number of hydrogen-bond acceptors (Lipinski definition) is 2. The number of rotatable bonds is 2. The van der Waals surface area contributed by atoms with Gasteiger partial charge in [0, 0.05) is 5.02 Å². The molecule has 0 aliphatic rings. The summed E-state index contributed by atoms with van der Waals surface area (Å²) in [5.41, 5.74) is 10.2. The Hall–Kier alpha value is -2.00. The molecule has 0 fully saturated rings. The topological polar surface area (TPSA) is 43.8 Å². The molecule has 0 saturated carbocycles. The molecule has 0 saturated heterocycles. The van der Waals surface area contributed by atoms with E-state index in [4.69, 9.17) is 17.3 Å². The molecule has 4 heteroatoms. The standard InChI is InChI=1S/C15H14ClN3/c1-10-5-4-8-13-14(10)19(15(17)18-13)9-11-6-2-3-7-12(11)16/h2-8H,9H2,1H3,(H2,17,18). The lowest BCUT2D eigenvalue weighted by Crippen LogP contribution is -2.05. The summed E-state index contributed by atoms with van der Waals surface area (Å²) in [5.74, 6) is 0.518. The smallest absolute Gasteiger partial charge is 0.201 e. The summed E-state index contributed by atoms with van der Waals surface area (Å²) in [5, 5.41) is 0.748. The zero-order valence-corrected chi connectivity index (χ0v) is 11.4. The number of para-hydroxylation sites is 1. The van der Waals surface area contributed by atoms with Crippen molar-refractivity contribution in [3.8, 4) is 0 Å². The van der Waals surface area contributed by atoms with Gasteiger partial charge in [-0.15, -0.1) is 0 Å². The third kappa shape index (κ3) is 2.06. The van der Waals surface area contributed by atoms with E-state index in [0.29, 0.717) is 12.5 Å². The molecule has 0 radical (unpaired) electrons. The Labute approximate surface area is 116 Å². The molecule has 0 unspecified atom stereocenters. The van der Waals surface area contributed by atoms with Crippen molar-refractivity contribution in [1.29, 1.82) is 0 Å². The van der Waals surface area contributed by atoms with Crippen molar-refractivity contribution < 1.29 is 0 Å². The normalized spacial score (nSPS) is 11.1. The molecule has 2 aromatic carbocycles. The summed E-state index contributed by atoms with van der Waals surface area (Å²) < 4.78 is 2.01. The molecule has 3 aromatic rings. The maximum Gasteiger partial charge on any atom is 0.201 e. The van der Waals surface area contributed by atoms with Gasteiger partial charge in [0.1, 0.15) is 0 Å². The number of imidazole rings is 1. The number of nitrogen functional groups attached to an aromatic ring is 1. The predicted octanol–water partition coefficient (Wildman–Crippen LogP) is 3.63. The number of anilines is 1. The highest BCUT2D eigenvalue weighted by Crippen LogP contribution is 2.24. The van der Waals surface area contributed by atoms with Gasteiger partial charge >= 0.3 is 0 Å². The minimum absolute atomic E-state index is 0.518. The van der Waals surface area contributed by atoms with Crippen LogP contribution >= 0.6 is 11.6 Å². The van der Waals surface area contributed by atoms with E-state index in [0.717, 1.165) is 27.2 Å². The van der Waals surface area contributed by atoms with Crippen molar-refractivity contribution in [1.82, 2.24) is 9.55 Å². The van der Waals surface area contributed by atoms with Crippen LogP contribution in [0.15, 0.2) is 42.5 Å². The van der Waals surface area contributed by atoms with Gasteiger partial charge in [0.15, 0.2) is 0 Å². The largest absolute Gasteiger partial charge is 0.369 e. The van der Waals surface area contributed by atoms with Crippen molar-refractivity contribution in [2.75, 3.05) is 5.73 Å². The predicted molar refractivity (Wildman–Crippen MR) is 79.4 cm³/mol. The van der Waals surface area contributed by atoms with Gasteiger partial charge in [0.25, 0.3) is 0 Å².